The van der Waals surface area contributed by atoms with E-state index in [0.717, 1.165) is 19.3 Å². The van der Waals surface area contributed by atoms with Crippen molar-refractivity contribution in [1.29, 1.82) is 0 Å². The lowest BCUT2D eigenvalue weighted by molar-refractivity contribution is -0.0633. The summed E-state index contributed by atoms with van der Waals surface area (Å²) in [6.45, 7) is 0. The van der Waals surface area contributed by atoms with Crippen LogP contribution in [0, 0.1) is 17.8 Å². The van der Waals surface area contributed by atoms with E-state index in [1.165, 1.54) is 0 Å². The molecule has 3 aliphatic rings. The van der Waals surface area contributed by atoms with Crippen LogP contribution in [0.2, 0.25) is 0 Å². The second kappa shape index (κ2) is 2.44. The maximum Gasteiger partial charge on any atom is 0.433 e. The molecule has 0 saturated heterocycles. The Kier molecular flexibility index (Phi) is 1.49. The maximum atomic E-state index is 12.5. The fraction of sp³-hybridized carbons (Fsp3) is 0.889. The standard InChI is InChI=1S/C9H10F3NO/c10-9(11,12)8-6-4-1-2-5(3-4)7(6)14-13-8/h4-7H,1-3H2/t4-,5+,6+,7-/m0/s1. The van der Waals surface area contributed by atoms with E-state index in [-0.39, 0.29) is 12.0 Å². The van der Waals surface area contributed by atoms with Crippen molar-refractivity contribution < 1.29 is 18.0 Å². The lowest BCUT2D eigenvalue weighted by Gasteiger charge is -2.23. The summed E-state index contributed by atoms with van der Waals surface area (Å²) in [6, 6.07) is 0. The van der Waals surface area contributed by atoms with Crippen LogP contribution < -0.4 is 0 Å². The van der Waals surface area contributed by atoms with E-state index < -0.39 is 17.8 Å². The summed E-state index contributed by atoms with van der Waals surface area (Å²) in [4.78, 5) is 4.92. The molecule has 2 saturated carbocycles. The summed E-state index contributed by atoms with van der Waals surface area (Å²) >= 11 is 0. The van der Waals surface area contributed by atoms with Gasteiger partial charge in [-0.25, -0.2) is 0 Å². The minimum atomic E-state index is -4.30. The van der Waals surface area contributed by atoms with E-state index in [1.54, 1.807) is 0 Å². The van der Waals surface area contributed by atoms with E-state index >= 15 is 0 Å². The van der Waals surface area contributed by atoms with Crippen LogP contribution in [0.25, 0.3) is 0 Å². The van der Waals surface area contributed by atoms with Crippen molar-refractivity contribution in [2.24, 2.45) is 22.9 Å². The zero-order chi connectivity index (χ0) is 9.92. The number of rotatable bonds is 0. The fourth-order valence-corrected chi connectivity index (χ4v) is 3.19. The molecular formula is C9H10F3NO. The van der Waals surface area contributed by atoms with Crippen molar-refractivity contribution >= 4 is 5.71 Å². The average Bonchev–Trinajstić information content (AvgIpc) is 2.74. The number of hydrogen-bond acceptors (Lipinski definition) is 2. The second-order valence-corrected chi connectivity index (χ2v) is 4.40. The highest BCUT2D eigenvalue weighted by Gasteiger charge is 2.60. The molecule has 0 unspecified atom stereocenters. The zero-order valence-electron chi connectivity index (χ0n) is 7.42. The topological polar surface area (TPSA) is 21.6 Å². The van der Waals surface area contributed by atoms with Gasteiger partial charge in [-0.1, -0.05) is 5.16 Å². The molecule has 0 N–H and O–H groups in total. The Bertz CT molecular complexity index is 299. The minimum Gasteiger partial charge on any atom is -0.391 e. The van der Waals surface area contributed by atoms with Gasteiger partial charge in [-0.05, 0) is 31.1 Å². The molecule has 1 heterocycles. The maximum absolute atomic E-state index is 12.5. The first kappa shape index (κ1) is 8.56. The van der Waals surface area contributed by atoms with Gasteiger partial charge >= 0.3 is 6.18 Å². The summed E-state index contributed by atoms with van der Waals surface area (Å²) in [5.74, 6) is 0.00947. The molecule has 2 fully saturated rings. The van der Waals surface area contributed by atoms with Crippen LogP contribution >= 0.6 is 0 Å². The molecule has 0 aromatic rings. The predicted octanol–water partition coefficient (Wildman–Crippen LogP) is 2.35. The van der Waals surface area contributed by atoms with E-state index in [0.29, 0.717) is 5.92 Å². The number of alkyl halides is 3. The van der Waals surface area contributed by atoms with Gasteiger partial charge < -0.3 is 4.84 Å². The summed E-state index contributed by atoms with van der Waals surface area (Å²) in [5, 5.41) is 3.22. The Labute approximate surface area is 79.1 Å². The predicted molar refractivity (Wildman–Crippen MR) is 42.7 cm³/mol. The quantitative estimate of drug-likeness (QED) is 0.594. The van der Waals surface area contributed by atoms with Crippen LogP contribution in [0.3, 0.4) is 0 Å². The smallest absolute Gasteiger partial charge is 0.391 e. The molecule has 78 valence electrons. The van der Waals surface area contributed by atoms with Gasteiger partial charge in [0.15, 0.2) is 5.71 Å². The Balaban J connectivity index is 1.91. The van der Waals surface area contributed by atoms with E-state index in [2.05, 4.69) is 5.16 Å². The van der Waals surface area contributed by atoms with Gasteiger partial charge in [0.25, 0.3) is 0 Å². The molecule has 0 amide bonds. The lowest BCUT2D eigenvalue weighted by atomic mass is 9.83. The van der Waals surface area contributed by atoms with Gasteiger partial charge in [0.05, 0.1) is 5.92 Å². The molecule has 5 heteroatoms. The van der Waals surface area contributed by atoms with Crippen molar-refractivity contribution in [1.82, 2.24) is 0 Å². The van der Waals surface area contributed by atoms with Crippen molar-refractivity contribution in [3.05, 3.63) is 0 Å². The molecule has 0 radical (unpaired) electrons. The van der Waals surface area contributed by atoms with Crippen LogP contribution in [0.4, 0.5) is 13.2 Å². The van der Waals surface area contributed by atoms with Gasteiger partial charge in [0.2, 0.25) is 0 Å². The Morgan fingerprint density at radius 3 is 2.64 bits per heavy atom. The molecule has 0 spiro atoms. The van der Waals surface area contributed by atoms with Crippen LogP contribution in [0.5, 0.6) is 0 Å². The van der Waals surface area contributed by atoms with Gasteiger partial charge in [-0.3, -0.25) is 0 Å². The molecule has 0 aromatic carbocycles. The SMILES string of the molecule is FC(F)(F)C1=NO[C@H]2[C@@H]3CC[C@@H](C3)[C@@H]12. The normalized spacial score (nSPS) is 44.9. The highest BCUT2D eigenvalue weighted by atomic mass is 19.4. The third-order valence-corrected chi connectivity index (χ3v) is 3.72. The summed E-state index contributed by atoms with van der Waals surface area (Å²) in [5.41, 5.74) is -0.672. The largest absolute Gasteiger partial charge is 0.433 e. The van der Waals surface area contributed by atoms with Crippen LogP contribution in [0.15, 0.2) is 5.16 Å². The number of halogens is 3. The monoisotopic (exact) mass is 205 g/mol. The third-order valence-electron chi connectivity index (χ3n) is 3.72. The van der Waals surface area contributed by atoms with Gasteiger partial charge in [0, 0.05) is 0 Å². The number of nitrogens with zero attached hydrogens (tertiary/aromatic N) is 1. The first-order valence-corrected chi connectivity index (χ1v) is 4.88. The molecule has 2 bridgehead atoms. The summed E-state index contributed by atoms with van der Waals surface area (Å²) < 4.78 is 37.5. The number of hydrogen-bond donors (Lipinski definition) is 0. The Morgan fingerprint density at radius 2 is 1.93 bits per heavy atom. The average molecular weight is 205 g/mol. The van der Waals surface area contributed by atoms with Crippen LogP contribution in [-0.4, -0.2) is 18.0 Å². The minimum absolute atomic E-state index is 0.160. The molecule has 2 aliphatic carbocycles. The van der Waals surface area contributed by atoms with Crippen molar-refractivity contribution in [3.63, 3.8) is 0 Å². The van der Waals surface area contributed by atoms with Gasteiger partial charge in [0.1, 0.15) is 6.10 Å². The number of fused-ring (bicyclic) bond motifs is 5. The molecule has 4 atom stereocenters. The van der Waals surface area contributed by atoms with E-state index in [4.69, 9.17) is 4.84 Å². The lowest BCUT2D eigenvalue weighted by Crippen LogP contribution is -2.36. The van der Waals surface area contributed by atoms with E-state index in [1.807, 2.05) is 0 Å². The van der Waals surface area contributed by atoms with Crippen LogP contribution in [-0.2, 0) is 4.84 Å². The summed E-state index contributed by atoms with van der Waals surface area (Å²) in [7, 11) is 0. The molecule has 2 nitrogen and oxygen atoms in total. The fourth-order valence-electron chi connectivity index (χ4n) is 3.19. The van der Waals surface area contributed by atoms with Gasteiger partial charge in [-0.2, -0.15) is 13.2 Å². The van der Waals surface area contributed by atoms with Crippen molar-refractivity contribution in [2.75, 3.05) is 0 Å². The second-order valence-electron chi connectivity index (χ2n) is 4.40. The van der Waals surface area contributed by atoms with Crippen LogP contribution in [0.1, 0.15) is 19.3 Å². The molecule has 14 heavy (non-hydrogen) atoms. The Morgan fingerprint density at radius 1 is 1.21 bits per heavy atom. The highest BCUT2D eigenvalue weighted by molar-refractivity contribution is 5.93. The highest BCUT2D eigenvalue weighted by Crippen LogP contribution is 2.54. The number of oxime groups is 1. The molecule has 1 aliphatic heterocycles. The first-order chi connectivity index (χ1) is 6.57. The molecule has 3 rings (SSSR count). The first-order valence-electron chi connectivity index (χ1n) is 4.88. The van der Waals surface area contributed by atoms with Crippen molar-refractivity contribution in [2.45, 2.75) is 31.5 Å². The molecular weight excluding hydrogens is 195 g/mol. The Hall–Kier alpha value is -0.740. The third kappa shape index (κ3) is 0.953. The van der Waals surface area contributed by atoms with E-state index in [9.17, 15) is 13.2 Å². The van der Waals surface area contributed by atoms with Gasteiger partial charge in [-0.15, -0.1) is 0 Å². The molecule has 0 aromatic heterocycles. The van der Waals surface area contributed by atoms with Crippen molar-refractivity contribution in [3.8, 4) is 0 Å². The zero-order valence-corrected chi connectivity index (χ0v) is 7.42. The summed E-state index contributed by atoms with van der Waals surface area (Å²) in [6.07, 6.45) is -1.77.